The molecule has 0 aromatic rings. The second-order valence-corrected chi connectivity index (χ2v) is 4.71. The summed E-state index contributed by atoms with van der Waals surface area (Å²) in [5, 5.41) is 0. The Morgan fingerprint density at radius 3 is 2.42 bits per heavy atom. The van der Waals surface area contributed by atoms with Gasteiger partial charge < -0.3 is 4.74 Å². The van der Waals surface area contributed by atoms with Gasteiger partial charge in [-0.05, 0) is 24.7 Å². The topological polar surface area (TPSA) is 26.3 Å². The third-order valence-electron chi connectivity index (χ3n) is 3.85. The van der Waals surface area contributed by atoms with Crippen LogP contribution >= 0.6 is 0 Å². The zero-order valence-corrected chi connectivity index (χ0v) is 7.85. The second kappa shape index (κ2) is 2.24. The molecule has 0 aromatic heterocycles. The molecule has 0 bridgehead atoms. The van der Waals surface area contributed by atoms with Gasteiger partial charge in [0.15, 0.2) is 0 Å². The van der Waals surface area contributed by atoms with E-state index < -0.39 is 0 Å². The van der Waals surface area contributed by atoms with Gasteiger partial charge in [-0.1, -0.05) is 20.3 Å². The first-order valence-corrected chi connectivity index (χ1v) is 4.76. The summed E-state index contributed by atoms with van der Waals surface area (Å²) in [5.41, 5.74) is 0.0492. The maximum Gasteiger partial charge on any atom is 0.312 e. The minimum Gasteiger partial charge on any atom is -0.465 e. The molecular formula is C10H16O2. The quantitative estimate of drug-likeness (QED) is 0.518. The fourth-order valence-electron chi connectivity index (χ4n) is 2.81. The van der Waals surface area contributed by atoms with E-state index in [0.29, 0.717) is 6.61 Å². The standard InChI is InChI=1S/C10H16O2/c1-9(2)4-3-5-10(9)6-7-12-8(10)11/h3-7H2,1-2H3. The van der Waals surface area contributed by atoms with E-state index in [2.05, 4.69) is 13.8 Å². The lowest BCUT2D eigenvalue weighted by atomic mass is 9.67. The van der Waals surface area contributed by atoms with Crippen LogP contribution in [-0.2, 0) is 9.53 Å². The molecule has 1 aliphatic carbocycles. The number of ether oxygens (including phenoxy) is 1. The number of carbonyl (C=O) groups is 1. The van der Waals surface area contributed by atoms with Gasteiger partial charge in [0.25, 0.3) is 0 Å². The van der Waals surface area contributed by atoms with Crippen molar-refractivity contribution in [2.24, 2.45) is 10.8 Å². The smallest absolute Gasteiger partial charge is 0.312 e. The predicted octanol–water partition coefficient (Wildman–Crippen LogP) is 2.13. The summed E-state index contributed by atoms with van der Waals surface area (Å²) in [5.74, 6) is 0.0602. The van der Waals surface area contributed by atoms with Gasteiger partial charge in [0, 0.05) is 0 Å². The summed E-state index contributed by atoms with van der Waals surface area (Å²) < 4.78 is 5.09. The van der Waals surface area contributed by atoms with Crippen LogP contribution in [0.5, 0.6) is 0 Å². The van der Waals surface area contributed by atoms with Crippen LogP contribution in [0.1, 0.15) is 39.5 Å². The molecule has 1 unspecified atom stereocenters. The van der Waals surface area contributed by atoms with Gasteiger partial charge in [0.05, 0.1) is 12.0 Å². The van der Waals surface area contributed by atoms with E-state index >= 15 is 0 Å². The first-order valence-electron chi connectivity index (χ1n) is 4.76. The normalized spacial score (nSPS) is 39.0. The van der Waals surface area contributed by atoms with Crippen LogP contribution in [0.3, 0.4) is 0 Å². The Kier molecular flexibility index (Phi) is 1.51. The summed E-state index contributed by atoms with van der Waals surface area (Å²) in [7, 11) is 0. The fraction of sp³-hybridized carbons (Fsp3) is 0.900. The number of esters is 1. The molecule has 0 radical (unpaired) electrons. The van der Waals surface area contributed by atoms with Crippen LogP contribution in [0.25, 0.3) is 0 Å². The minimum atomic E-state index is -0.118. The van der Waals surface area contributed by atoms with Gasteiger partial charge in [0.2, 0.25) is 0 Å². The van der Waals surface area contributed by atoms with Gasteiger partial charge in [-0.15, -0.1) is 0 Å². The lowest BCUT2D eigenvalue weighted by molar-refractivity contribution is -0.150. The van der Waals surface area contributed by atoms with Crippen molar-refractivity contribution in [2.45, 2.75) is 39.5 Å². The van der Waals surface area contributed by atoms with E-state index in [0.717, 1.165) is 12.8 Å². The van der Waals surface area contributed by atoms with Crippen LogP contribution < -0.4 is 0 Å². The summed E-state index contributed by atoms with van der Waals surface area (Å²) >= 11 is 0. The molecule has 1 aliphatic heterocycles. The van der Waals surface area contributed by atoms with Gasteiger partial charge in [-0.3, -0.25) is 4.79 Å². The zero-order valence-electron chi connectivity index (χ0n) is 7.85. The van der Waals surface area contributed by atoms with E-state index in [-0.39, 0.29) is 16.8 Å². The molecule has 1 heterocycles. The summed E-state index contributed by atoms with van der Waals surface area (Å²) in [6, 6.07) is 0. The lowest BCUT2D eigenvalue weighted by Gasteiger charge is -2.33. The first kappa shape index (κ1) is 8.09. The second-order valence-electron chi connectivity index (χ2n) is 4.71. The van der Waals surface area contributed by atoms with E-state index in [9.17, 15) is 4.79 Å². The van der Waals surface area contributed by atoms with E-state index in [1.54, 1.807) is 0 Å². The number of hydrogen-bond donors (Lipinski definition) is 0. The summed E-state index contributed by atoms with van der Waals surface area (Å²) in [6.07, 6.45) is 4.34. The Hall–Kier alpha value is -0.530. The summed E-state index contributed by atoms with van der Waals surface area (Å²) in [4.78, 5) is 11.6. The molecule has 0 amide bonds. The maximum absolute atomic E-state index is 11.6. The molecule has 1 saturated heterocycles. The number of rotatable bonds is 0. The van der Waals surface area contributed by atoms with Gasteiger partial charge in [-0.2, -0.15) is 0 Å². The van der Waals surface area contributed by atoms with Crippen LogP contribution in [-0.4, -0.2) is 12.6 Å². The molecule has 1 atom stereocenters. The molecule has 1 saturated carbocycles. The molecular weight excluding hydrogens is 152 g/mol. The Bertz CT molecular complexity index is 216. The van der Waals surface area contributed by atoms with E-state index in [1.807, 2.05) is 0 Å². The fourth-order valence-corrected chi connectivity index (χ4v) is 2.81. The van der Waals surface area contributed by atoms with Crippen molar-refractivity contribution in [1.29, 1.82) is 0 Å². The van der Waals surface area contributed by atoms with Crippen LogP contribution in [0.15, 0.2) is 0 Å². The SMILES string of the molecule is CC1(C)CCCC12CCOC2=O. The molecule has 2 heteroatoms. The Morgan fingerprint density at radius 1 is 1.25 bits per heavy atom. The van der Waals surface area contributed by atoms with E-state index in [4.69, 9.17) is 4.74 Å². The van der Waals surface area contributed by atoms with Gasteiger partial charge in [-0.25, -0.2) is 0 Å². The largest absolute Gasteiger partial charge is 0.465 e. The molecule has 2 nitrogen and oxygen atoms in total. The first-order chi connectivity index (χ1) is 5.58. The van der Waals surface area contributed by atoms with Crippen molar-refractivity contribution < 1.29 is 9.53 Å². The highest BCUT2D eigenvalue weighted by Crippen LogP contribution is 2.57. The molecule has 68 valence electrons. The highest BCUT2D eigenvalue weighted by atomic mass is 16.5. The van der Waals surface area contributed by atoms with Crippen molar-refractivity contribution in [3.63, 3.8) is 0 Å². The van der Waals surface area contributed by atoms with Crippen molar-refractivity contribution in [3.8, 4) is 0 Å². The molecule has 0 aromatic carbocycles. The number of cyclic esters (lactones) is 1. The van der Waals surface area contributed by atoms with Crippen molar-refractivity contribution in [2.75, 3.05) is 6.61 Å². The Labute approximate surface area is 73.3 Å². The van der Waals surface area contributed by atoms with Crippen molar-refractivity contribution in [3.05, 3.63) is 0 Å². The van der Waals surface area contributed by atoms with E-state index in [1.165, 1.54) is 12.8 Å². The Balaban J connectivity index is 2.35. The van der Waals surface area contributed by atoms with Crippen LogP contribution in [0.2, 0.25) is 0 Å². The maximum atomic E-state index is 11.6. The molecule has 0 N–H and O–H groups in total. The molecule has 2 fully saturated rings. The molecule has 12 heavy (non-hydrogen) atoms. The van der Waals surface area contributed by atoms with Crippen LogP contribution in [0.4, 0.5) is 0 Å². The lowest BCUT2D eigenvalue weighted by Crippen LogP contribution is -2.36. The average molecular weight is 168 g/mol. The molecule has 2 aliphatic rings. The number of hydrogen-bond acceptors (Lipinski definition) is 2. The third-order valence-corrected chi connectivity index (χ3v) is 3.85. The average Bonchev–Trinajstić information content (AvgIpc) is 2.45. The van der Waals surface area contributed by atoms with Crippen molar-refractivity contribution in [1.82, 2.24) is 0 Å². The van der Waals surface area contributed by atoms with Crippen LogP contribution in [0, 0.1) is 10.8 Å². The zero-order chi connectivity index (χ0) is 8.82. The molecule has 1 spiro atoms. The summed E-state index contributed by atoms with van der Waals surface area (Å²) in [6.45, 7) is 5.04. The highest BCUT2D eigenvalue weighted by molar-refractivity contribution is 5.80. The monoisotopic (exact) mass is 168 g/mol. The van der Waals surface area contributed by atoms with Gasteiger partial charge >= 0.3 is 5.97 Å². The highest BCUT2D eigenvalue weighted by Gasteiger charge is 2.57. The minimum absolute atomic E-state index is 0.0602. The Morgan fingerprint density at radius 2 is 2.00 bits per heavy atom. The predicted molar refractivity (Wildman–Crippen MR) is 45.6 cm³/mol. The number of carbonyl (C=O) groups excluding carboxylic acids is 1. The third kappa shape index (κ3) is 0.782. The van der Waals surface area contributed by atoms with Gasteiger partial charge in [0.1, 0.15) is 0 Å². The molecule has 2 rings (SSSR count). The van der Waals surface area contributed by atoms with Crippen molar-refractivity contribution >= 4 is 5.97 Å².